The lowest BCUT2D eigenvalue weighted by atomic mass is 10.1. The van der Waals surface area contributed by atoms with Crippen LogP contribution in [0.1, 0.15) is 15.9 Å². The van der Waals surface area contributed by atoms with Crippen molar-refractivity contribution in [3.63, 3.8) is 0 Å². The van der Waals surface area contributed by atoms with Gasteiger partial charge in [0.05, 0.1) is 11.8 Å². The second kappa shape index (κ2) is 4.21. The van der Waals surface area contributed by atoms with E-state index in [9.17, 15) is 4.79 Å². The summed E-state index contributed by atoms with van der Waals surface area (Å²) in [7, 11) is 0. The molecule has 1 heterocycles. The molecule has 0 aliphatic rings. The Hall–Kier alpha value is -1.06. The standard InChI is InChI=1S/C11H6BrClO2/c12-11-9(4-5-15-11)10(14)7-2-1-3-8(13)6-7/h1-6H. The zero-order valence-corrected chi connectivity index (χ0v) is 9.88. The van der Waals surface area contributed by atoms with Crippen molar-refractivity contribution in [2.45, 2.75) is 0 Å². The molecule has 15 heavy (non-hydrogen) atoms. The predicted molar refractivity (Wildman–Crippen MR) is 61.3 cm³/mol. The molecule has 0 fully saturated rings. The lowest BCUT2D eigenvalue weighted by Crippen LogP contribution is -1.99. The van der Waals surface area contributed by atoms with Crippen molar-refractivity contribution in [2.24, 2.45) is 0 Å². The average Bonchev–Trinajstić information content (AvgIpc) is 2.63. The van der Waals surface area contributed by atoms with Crippen LogP contribution in [-0.2, 0) is 0 Å². The molecule has 0 amide bonds. The number of benzene rings is 1. The topological polar surface area (TPSA) is 30.2 Å². The quantitative estimate of drug-likeness (QED) is 0.783. The molecular formula is C11H6BrClO2. The zero-order chi connectivity index (χ0) is 10.8. The third kappa shape index (κ3) is 2.13. The van der Waals surface area contributed by atoms with E-state index >= 15 is 0 Å². The van der Waals surface area contributed by atoms with E-state index in [0.717, 1.165) is 0 Å². The minimum absolute atomic E-state index is 0.113. The van der Waals surface area contributed by atoms with Gasteiger partial charge in [0.2, 0.25) is 0 Å². The van der Waals surface area contributed by atoms with Crippen LogP contribution in [0.4, 0.5) is 0 Å². The molecule has 0 radical (unpaired) electrons. The van der Waals surface area contributed by atoms with Crippen LogP contribution in [0.25, 0.3) is 0 Å². The summed E-state index contributed by atoms with van der Waals surface area (Å²) in [5, 5.41) is 0.542. The number of hydrogen-bond donors (Lipinski definition) is 0. The van der Waals surface area contributed by atoms with Gasteiger partial charge in [-0.1, -0.05) is 23.7 Å². The highest BCUT2D eigenvalue weighted by molar-refractivity contribution is 9.10. The van der Waals surface area contributed by atoms with Crippen molar-refractivity contribution in [3.05, 3.63) is 57.4 Å². The summed E-state index contributed by atoms with van der Waals surface area (Å²) in [6.45, 7) is 0. The Morgan fingerprint density at radius 3 is 2.73 bits per heavy atom. The Morgan fingerprint density at radius 2 is 2.13 bits per heavy atom. The van der Waals surface area contributed by atoms with Gasteiger partial charge in [-0.3, -0.25) is 4.79 Å². The predicted octanol–water partition coefficient (Wildman–Crippen LogP) is 3.93. The average molecular weight is 286 g/mol. The Bertz CT molecular complexity index is 505. The number of carbonyl (C=O) groups is 1. The summed E-state index contributed by atoms with van der Waals surface area (Å²) in [5.74, 6) is -0.113. The molecule has 0 unspecified atom stereocenters. The first-order valence-corrected chi connectivity index (χ1v) is 5.39. The lowest BCUT2D eigenvalue weighted by Gasteiger charge is -1.98. The van der Waals surface area contributed by atoms with Crippen molar-refractivity contribution in [1.82, 2.24) is 0 Å². The third-order valence-corrected chi connectivity index (χ3v) is 2.80. The molecule has 2 nitrogen and oxygen atoms in total. The first kappa shape index (κ1) is 10.5. The van der Waals surface area contributed by atoms with Crippen molar-refractivity contribution in [2.75, 3.05) is 0 Å². The molecule has 76 valence electrons. The molecule has 0 atom stereocenters. The van der Waals surface area contributed by atoms with E-state index in [2.05, 4.69) is 15.9 Å². The summed E-state index contributed by atoms with van der Waals surface area (Å²) in [4.78, 5) is 11.9. The lowest BCUT2D eigenvalue weighted by molar-refractivity contribution is 0.103. The maximum Gasteiger partial charge on any atom is 0.197 e. The van der Waals surface area contributed by atoms with E-state index < -0.39 is 0 Å². The minimum atomic E-state index is -0.113. The fourth-order valence-electron chi connectivity index (χ4n) is 1.24. The van der Waals surface area contributed by atoms with Crippen LogP contribution in [0.3, 0.4) is 0 Å². The molecule has 1 aromatic carbocycles. The van der Waals surface area contributed by atoms with E-state index in [1.165, 1.54) is 6.26 Å². The van der Waals surface area contributed by atoms with Crippen molar-refractivity contribution >= 4 is 33.3 Å². The summed E-state index contributed by atoms with van der Waals surface area (Å²) < 4.78 is 5.44. The fraction of sp³-hybridized carbons (Fsp3) is 0. The second-order valence-electron chi connectivity index (χ2n) is 2.95. The number of halogens is 2. The maximum atomic E-state index is 11.9. The third-order valence-electron chi connectivity index (χ3n) is 1.95. The molecule has 0 aliphatic heterocycles. The Kier molecular flexibility index (Phi) is 2.93. The molecule has 0 bridgehead atoms. The molecule has 0 saturated heterocycles. The smallest absolute Gasteiger partial charge is 0.197 e. The molecule has 0 saturated carbocycles. The van der Waals surface area contributed by atoms with E-state index in [1.807, 2.05) is 0 Å². The maximum absolute atomic E-state index is 11.9. The van der Waals surface area contributed by atoms with Crippen molar-refractivity contribution in [1.29, 1.82) is 0 Å². The number of ketones is 1. The van der Waals surface area contributed by atoms with Crippen LogP contribution in [0.2, 0.25) is 5.02 Å². The van der Waals surface area contributed by atoms with Gasteiger partial charge in [0.25, 0.3) is 0 Å². The molecule has 0 N–H and O–H groups in total. The van der Waals surface area contributed by atoms with Crippen LogP contribution in [-0.4, -0.2) is 5.78 Å². The summed E-state index contributed by atoms with van der Waals surface area (Å²) in [6.07, 6.45) is 1.46. The molecule has 2 aromatic rings. The largest absolute Gasteiger partial charge is 0.457 e. The molecule has 2 rings (SSSR count). The first-order valence-electron chi connectivity index (χ1n) is 4.22. The van der Waals surface area contributed by atoms with Crippen LogP contribution in [0, 0.1) is 0 Å². The normalized spacial score (nSPS) is 10.3. The number of carbonyl (C=O) groups excluding carboxylic acids is 1. The Balaban J connectivity index is 2.41. The highest BCUT2D eigenvalue weighted by atomic mass is 79.9. The van der Waals surface area contributed by atoms with Gasteiger partial charge in [-0.15, -0.1) is 0 Å². The van der Waals surface area contributed by atoms with Gasteiger partial charge >= 0.3 is 0 Å². The van der Waals surface area contributed by atoms with E-state index in [1.54, 1.807) is 30.3 Å². The molecule has 0 aliphatic carbocycles. The summed E-state index contributed by atoms with van der Waals surface area (Å²) in [6, 6.07) is 8.43. The van der Waals surface area contributed by atoms with Crippen LogP contribution in [0.5, 0.6) is 0 Å². The molecule has 4 heteroatoms. The van der Waals surface area contributed by atoms with Crippen molar-refractivity contribution < 1.29 is 9.21 Å². The highest BCUT2D eigenvalue weighted by Gasteiger charge is 2.14. The first-order chi connectivity index (χ1) is 7.18. The van der Waals surface area contributed by atoms with Crippen LogP contribution in [0.15, 0.2) is 45.7 Å². The van der Waals surface area contributed by atoms with E-state index in [0.29, 0.717) is 20.8 Å². The van der Waals surface area contributed by atoms with Crippen molar-refractivity contribution in [3.8, 4) is 0 Å². The van der Waals surface area contributed by atoms with Gasteiger partial charge in [0.15, 0.2) is 10.5 Å². The van der Waals surface area contributed by atoms with Gasteiger partial charge in [0.1, 0.15) is 0 Å². The van der Waals surface area contributed by atoms with Gasteiger partial charge < -0.3 is 4.42 Å². The van der Waals surface area contributed by atoms with E-state index in [4.69, 9.17) is 16.0 Å². The van der Waals surface area contributed by atoms with Gasteiger partial charge in [-0.2, -0.15) is 0 Å². The van der Waals surface area contributed by atoms with Gasteiger partial charge in [0, 0.05) is 10.6 Å². The monoisotopic (exact) mass is 284 g/mol. The SMILES string of the molecule is O=C(c1cccc(Cl)c1)c1ccoc1Br. The van der Waals surface area contributed by atoms with Gasteiger partial charge in [-0.05, 0) is 34.1 Å². The summed E-state index contributed by atoms with van der Waals surface area (Å²) in [5.41, 5.74) is 1.04. The Labute approximate surface area is 100.0 Å². The Morgan fingerprint density at radius 1 is 1.33 bits per heavy atom. The zero-order valence-electron chi connectivity index (χ0n) is 7.54. The number of furan rings is 1. The second-order valence-corrected chi connectivity index (χ2v) is 4.10. The highest BCUT2D eigenvalue weighted by Crippen LogP contribution is 2.22. The molecule has 1 aromatic heterocycles. The van der Waals surface area contributed by atoms with E-state index in [-0.39, 0.29) is 5.78 Å². The molecule has 0 spiro atoms. The number of rotatable bonds is 2. The van der Waals surface area contributed by atoms with Gasteiger partial charge in [-0.25, -0.2) is 0 Å². The fourth-order valence-corrected chi connectivity index (χ4v) is 1.85. The number of hydrogen-bond acceptors (Lipinski definition) is 2. The minimum Gasteiger partial charge on any atom is -0.457 e. The van der Waals surface area contributed by atoms with Crippen LogP contribution >= 0.6 is 27.5 Å². The van der Waals surface area contributed by atoms with Crippen LogP contribution < -0.4 is 0 Å². The molecular weight excluding hydrogens is 279 g/mol. The summed E-state index contributed by atoms with van der Waals surface area (Å²) >= 11 is 8.96.